The number of ether oxygens (including phenoxy) is 1. The summed E-state index contributed by atoms with van der Waals surface area (Å²) in [5.41, 5.74) is 4.91. The average molecular weight is 381 g/mol. The fraction of sp³-hybridized carbons (Fsp3) is 0. The molecule has 0 aliphatic carbocycles. The van der Waals surface area contributed by atoms with Crippen molar-refractivity contribution in [2.24, 2.45) is 0 Å². The van der Waals surface area contributed by atoms with Gasteiger partial charge in [0.15, 0.2) is 0 Å². The van der Waals surface area contributed by atoms with Crippen LogP contribution in [0.5, 0.6) is 11.5 Å². The van der Waals surface area contributed by atoms with Gasteiger partial charge in [-0.1, -0.05) is 66.7 Å². The average Bonchev–Trinajstić information content (AvgIpc) is 2.76. The third-order valence-electron chi connectivity index (χ3n) is 4.50. The molecule has 0 bridgehead atoms. The number of nitrogens with one attached hydrogen (secondary N) is 1. The second kappa shape index (κ2) is 8.31. The van der Waals surface area contributed by atoms with Crippen LogP contribution in [0, 0.1) is 0 Å². The Morgan fingerprint density at radius 2 is 1.07 bits per heavy atom. The van der Waals surface area contributed by atoms with E-state index in [1.54, 1.807) is 24.3 Å². The molecule has 4 rings (SSSR count). The summed E-state index contributed by atoms with van der Waals surface area (Å²) >= 11 is 0. The number of phenols is 1. The molecule has 1 amide bonds. The van der Waals surface area contributed by atoms with Crippen molar-refractivity contribution in [3.8, 4) is 33.8 Å². The molecule has 0 heterocycles. The molecule has 0 aliphatic heterocycles. The van der Waals surface area contributed by atoms with E-state index in [4.69, 9.17) is 4.74 Å². The van der Waals surface area contributed by atoms with Gasteiger partial charge < -0.3 is 9.84 Å². The summed E-state index contributed by atoms with van der Waals surface area (Å²) in [4.78, 5) is 12.0. The van der Waals surface area contributed by atoms with Crippen LogP contribution in [0.15, 0.2) is 103 Å². The minimum Gasteiger partial charge on any atom is -0.508 e. The van der Waals surface area contributed by atoms with Gasteiger partial charge in [0, 0.05) is 5.69 Å². The third-order valence-corrected chi connectivity index (χ3v) is 4.50. The van der Waals surface area contributed by atoms with E-state index in [9.17, 15) is 9.90 Å². The molecule has 4 aromatic rings. The maximum absolute atomic E-state index is 12.0. The summed E-state index contributed by atoms with van der Waals surface area (Å²) in [6.07, 6.45) is -0.526. The zero-order chi connectivity index (χ0) is 20.1. The van der Waals surface area contributed by atoms with Crippen molar-refractivity contribution in [2.75, 3.05) is 5.32 Å². The Morgan fingerprint density at radius 3 is 1.59 bits per heavy atom. The van der Waals surface area contributed by atoms with Crippen LogP contribution in [-0.2, 0) is 0 Å². The Bertz CT molecular complexity index is 1090. The predicted octanol–water partition coefficient (Wildman–Crippen LogP) is 6.34. The van der Waals surface area contributed by atoms with Crippen LogP contribution < -0.4 is 10.1 Å². The van der Waals surface area contributed by atoms with E-state index < -0.39 is 6.09 Å². The SMILES string of the molecule is O=C(Nc1ccc(-c2ccc(-c3ccc(O)cc3)cc2)cc1)Oc1ccccc1. The monoisotopic (exact) mass is 381 g/mol. The van der Waals surface area contributed by atoms with Gasteiger partial charge in [-0.3, -0.25) is 5.32 Å². The molecular formula is C25H19NO3. The van der Waals surface area contributed by atoms with Gasteiger partial charge in [0.1, 0.15) is 11.5 Å². The Balaban J connectivity index is 1.42. The largest absolute Gasteiger partial charge is 0.508 e. The van der Waals surface area contributed by atoms with Gasteiger partial charge in [-0.15, -0.1) is 0 Å². The maximum Gasteiger partial charge on any atom is 0.417 e. The number of carbonyl (C=O) groups excluding carboxylic acids is 1. The van der Waals surface area contributed by atoms with Crippen molar-refractivity contribution >= 4 is 11.8 Å². The minimum absolute atomic E-state index is 0.256. The van der Waals surface area contributed by atoms with Crippen molar-refractivity contribution in [1.29, 1.82) is 0 Å². The summed E-state index contributed by atoms with van der Waals surface area (Å²) in [6.45, 7) is 0. The van der Waals surface area contributed by atoms with Gasteiger partial charge in [0.05, 0.1) is 0 Å². The third kappa shape index (κ3) is 4.62. The van der Waals surface area contributed by atoms with Crippen molar-refractivity contribution in [3.63, 3.8) is 0 Å². The number of benzene rings is 4. The molecule has 4 aromatic carbocycles. The van der Waals surface area contributed by atoms with E-state index in [1.165, 1.54) is 0 Å². The number of aromatic hydroxyl groups is 1. The van der Waals surface area contributed by atoms with Gasteiger partial charge in [-0.25, -0.2) is 4.79 Å². The summed E-state index contributed by atoms with van der Waals surface area (Å²) < 4.78 is 5.23. The lowest BCUT2D eigenvalue weighted by molar-refractivity contribution is 0.215. The van der Waals surface area contributed by atoms with Gasteiger partial charge in [0.25, 0.3) is 0 Å². The van der Waals surface area contributed by atoms with Crippen molar-refractivity contribution in [1.82, 2.24) is 0 Å². The zero-order valence-corrected chi connectivity index (χ0v) is 15.6. The second-order valence-corrected chi connectivity index (χ2v) is 6.53. The van der Waals surface area contributed by atoms with E-state index in [2.05, 4.69) is 5.32 Å². The second-order valence-electron chi connectivity index (χ2n) is 6.53. The van der Waals surface area contributed by atoms with E-state index in [-0.39, 0.29) is 5.75 Å². The smallest absolute Gasteiger partial charge is 0.417 e. The fourth-order valence-corrected chi connectivity index (χ4v) is 2.99. The highest BCUT2D eigenvalue weighted by atomic mass is 16.6. The van der Waals surface area contributed by atoms with Crippen LogP contribution in [0.2, 0.25) is 0 Å². The molecule has 0 aromatic heterocycles. The Hall–Kier alpha value is -4.05. The number of hydrogen-bond donors (Lipinski definition) is 2. The number of rotatable bonds is 4. The zero-order valence-electron chi connectivity index (χ0n) is 15.6. The molecule has 0 atom stereocenters. The van der Waals surface area contributed by atoms with Crippen LogP contribution in [0.3, 0.4) is 0 Å². The molecule has 0 aliphatic rings. The lowest BCUT2D eigenvalue weighted by atomic mass is 10.00. The predicted molar refractivity (Wildman–Crippen MR) is 115 cm³/mol. The lowest BCUT2D eigenvalue weighted by Gasteiger charge is -2.08. The normalized spacial score (nSPS) is 10.3. The molecule has 0 saturated heterocycles. The Morgan fingerprint density at radius 1 is 0.621 bits per heavy atom. The quantitative estimate of drug-likeness (QED) is 0.434. The molecule has 0 radical (unpaired) electrons. The number of carbonyl (C=O) groups is 1. The van der Waals surface area contributed by atoms with Crippen LogP contribution in [0.4, 0.5) is 10.5 Å². The summed E-state index contributed by atoms with van der Waals surface area (Å²) in [6, 6.07) is 31.9. The Labute approximate surface area is 169 Å². The number of amides is 1. The van der Waals surface area contributed by atoms with Crippen molar-refractivity contribution < 1.29 is 14.6 Å². The van der Waals surface area contributed by atoms with Gasteiger partial charge >= 0.3 is 6.09 Å². The van der Waals surface area contributed by atoms with E-state index in [0.717, 1.165) is 22.3 Å². The van der Waals surface area contributed by atoms with Gasteiger partial charge in [-0.05, 0) is 58.7 Å². The van der Waals surface area contributed by atoms with Crippen LogP contribution >= 0.6 is 0 Å². The van der Waals surface area contributed by atoms with E-state index >= 15 is 0 Å². The Kier molecular flexibility index (Phi) is 5.25. The minimum atomic E-state index is -0.526. The maximum atomic E-state index is 12.0. The highest BCUT2D eigenvalue weighted by molar-refractivity contribution is 5.86. The molecule has 4 nitrogen and oxygen atoms in total. The molecule has 142 valence electrons. The lowest BCUT2D eigenvalue weighted by Crippen LogP contribution is -2.16. The first-order valence-corrected chi connectivity index (χ1v) is 9.21. The first-order valence-electron chi connectivity index (χ1n) is 9.21. The van der Waals surface area contributed by atoms with Crippen molar-refractivity contribution in [2.45, 2.75) is 0 Å². The van der Waals surface area contributed by atoms with Crippen molar-refractivity contribution in [3.05, 3.63) is 103 Å². The van der Waals surface area contributed by atoms with Crippen LogP contribution in [0.25, 0.3) is 22.3 Å². The molecule has 2 N–H and O–H groups in total. The highest BCUT2D eigenvalue weighted by Gasteiger charge is 2.06. The molecule has 0 unspecified atom stereocenters. The molecule has 0 spiro atoms. The molecule has 0 fully saturated rings. The topological polar surface area (TPSA) is 58.6 Å². The number of hydrogen-bond acceptors (Lipinski definition) is 3. The first kappa shape index (κ1) is 18.3. The molecule has 0 saturated carbocycles. The molecular weight excluding hydrogens is 362 g/mol. The fourth-order valence-electron chi connectivity index (χ4n) is 2.99. The standard InChI is InChI=1S/C25H19NO3/c27-23-16-12-21(13-17-23)19-8-6-18(7-9-19)20-10-14-22(15-11-20)26-25(28)29-24-4-2-1-3-5-24/h1-17,27H,(H,26,28). The van der Waals surface area contributed by atoms with Crippen LogP contribution in [0.1, 0.15) is 0 Å². The highest BCUT2D eigenvalue weighted by Crippen LogP contribution is 2.27. The van der Waals surface area contributed by atoms with Gasteiger partial charge in [-0.2, -0.15) is 0 Å². The van der Waals surface area contributed by atoms with Gasteiger partial charge in [0.2, 0.25) is 0 Å². The summed E-state index contributed by atoms with van der Waals surface area (Å²) in [5.74, 6) is 0.752. The number of para-hydroxylation sites is 1. The van der Waals surface area contributed by atoms with E-state index in [0.29, 0.717) is 11.4 Å². The molecule has 4 heteroatoms. The van der Waals surface area contributed by atoms with Crippen LogP contribution in [-0.4, -0.2) is 11.2 Å². The number of anilines is 1. The first-order chi connectivity index (χ1) is 14.2. The summed E-state index contributed by atoms with van der Waals surface area (Å²) in [7, 11) is 0. The molecule has 29 heavy (non-hydrogen) atoms. The summed E-state index contributed by atoms with van der Waals surface area (Å²) in [5, 5.41) is 12.1. The van der Waals surface area contributed by atoms with E-state index in [1.807, 2.05) is 78.9 Å². The number of phenolic OH excluding ortho intramolecular Hbond substituents is 1.